The molecule has 2 aliphatic rings. The van der Waals surface area contributed by atoms with Crippen LogP contribution in [0.15, 0.2) is 18.2 Å². The number of nitrogens with zero attached hydrogens (tertiary/aromatic N) is 1. The summed E-state index contributed by atoms with van der Waals surface area (Å²) in [5.41, 5.74) is 1.00. The molecule has 3 rings (SSSR count). The van der Waals surface area contributed by atoms with Crippen LogP contribution in [0.1, 0.15) is 50.5 Å². The van der Waals surface area contributed by atoms with Crippen molar-refractivity contribution in [1.29, 1.82) is 0 Å². The number of likely N-dealkylation sites (tertiary alicyclic amines) is 1. The number of rotatable bonds is 6. The van der Waals surface area contributed by atoms with E-state index in [0.29, 0.717) is 25.3 Å². The summed E-state index contributed by atoms with van der Waals surface area (Å²) >= 11 is 0. The van der Waals surface area contributed by atoms with Gasteiger partial charge in [0.25, 0.3) is 0 Å². The summed E-state index contributed by atoms with van der Waals surface area (Å²) in [6.07, 6.45) is 4.79. The van der Waals surface area contributed by atoms with Gasteiger partial charge in [-0.2, -0.15) is 0 Å². The van der Waals surface area contributed by atoms with Gasteiger partial charge in [-0.05, 0) is 43.4 Å². The highest BCUT2D eigenvalue weighted by molar-refractivity contribution is 5.83. The van der Waals surface area contributed by atoms with Crippen LogP contribution in [-0.4, -0.2) is 50.2 Å². The third kappa shape index (κ3) is 4.20. The maximum Gasteiger partial charge on any atom is 0.409 e. The van der Waals surface area contributed by atoms with Crippen LogP contribution < -0.4 is 9.47 Å². The number of hydrogen-bond acceptors (Lipinski definition) is 5. The smallest absolute Gasteiger partial charge is 0.409 e. The van der Waals surface area contributed by atoms with Gasteiger partial charge in [0.1, 0.15) is 5.78 Å². The van der Waals surface area contributed by atoms with E-state index in [2.05, 4.69) is 0 Å². The number of Topliss-reactive ketones (excluding diaryl/α,β-unsaturated/α-hetero) is 1. The van der Waals surface area contributed by atoms with Gasteiger partial charge in [0.05, 0.1) is 20.3 Å². The molecular formula is C21H29NO5. The van der Waals surface area contributed by atoms with Crippen LogP contribution >= 0.6 is 0 Å². The van der Waals surface area contributed by atoms with Crippen molar-refractivity contribution in [3.05, 3.63) is 23.8 Å². The zero-order valence-electron chi connectivity index (χ0n) is 16.4. The predicted octanol–water partition coefficient (Wildman–Crippen LogP) is 3.78. The van der Waals surface area contributed by atoms with Gasteiger partial charge in [0.2, 0.25) is 0 Å². The van der Waals surface area contributed by atoms with E-state index >= 15 is 0 Å². The van der Waals surface area contributed by atoms with Crippen LogP contribution in [0.3, 0.4) is 0 Å². The summed E-state index contributed by atoms with van der Waals surface area (Å²) in [5, 5.41) is 0. The van der Waals surface area contributed by atoms with Gasteiger partial charge in [-0.1, -0.05) is 13.0 Å². The van der Waals surface area contributed by atoms with Gasteiger partial charge in [-0.15, -0.1) is 0 Å². The SMILES string of the molecule is CCC(=O)[C@H]1CN(C(=O)OC)C[C@@H]1c1ccc(OC)c(OC2CCCC2)c1. The van der Waals surface area contributed by atoms with Crippen LogP contribution in [-0.2, 0) is 9.53 Å². The molecule has 0 aromatic heterocycles. The molecule has 2 atom stereocenters. The predicted molar refractivity (Wildman–Crippen MR) is 101 cm³/mol. The van der Waals surface area contributed by atoms with E-state index in [1.807, 2.05) is 25.1 Å². The fourth-order valence-electron chi connectivity index (χ4n) is 4.21. The molecule has 1 heterocycles. The molecule has 1 saturated heterocycles. The van der Waals surface area contributed by atoms with Gasteiger partial charge >= 0.3 is 6.09 Å². The number of hydrogen-bond donors (Lipinski definition) is 0. The van der Waals surface area contributed by atoms with Crippen molar-refractivity contribution in [2.24, 2.45) is 5.92 Å². The Labute approximate surface area is 160 Å². The summed E-state index contributed by atoms with van der Waals surface area (Å²) in [4.78, 5) is 26.1. The number of carbonyl (C=O) groups excluding carboxylic acids is 2. The molecule has 1 aliphatic carbocycles. The molecule has 6 heteroatoms. The fourth-order valence-corrected chi connectivity index (χ4v) is 4.21. The second kappa shape index (κ2) is 8.63. The highest BCUT2D eigenvalue weighted by Gasteiger charge is 2.40. The number of ether oxygens (including phenoxy) is 3. The zero-order chi connectivity index (χ0) is 19.4. The van der Waals surface area contributed by atoms with Crippen LogP contribution in [0.5, 0.6) is 11.5 Å². The Morgan fingerprint density at radius 2 is 1.85 bits per heavy atom. The van der Waals surface area contributed by atoms with Crippen molar-refractivity contribution < 1.29 is 23.8 Å². The van der Waals surface area contributed by atoms with Crippen LogP contribution in [0.25, 0.3) is 0 Å². The van der Waals surface area contributed by atoms with Crippen LogP contribution in [0.2, 0.25) is 0 Å². The molecule has 0 spiro atoms. The van der Waals surface area contributed by atoms with Gasteiger partial charge in [0, 0.05) is 31.3 Å². The number of methoxy groups -OCH3 is 2. The van der Waals surface area contributed by atoms with E-state index in [9.17, 15) is 9.59 Å². The minimum Gasteiger partial charge on any atom is -0.493 e. The standard InChI is InChI=1S/C21H29NO5/c1-4-18(23)17-13-22(21(24)26-3)12-16(17)14-9-10-19(25-2)20(11-14)27-15-7-5-6-8-15/h9-11,15-17H,4-8,12-13H2,1-3H3/t16-,17+/m1/s1. The number of amides is 1. The first-order chi connectivity index (χ1) is 13.1. The molecule has 6 nitrogen and oxygen atoms in total. The lowest BCUT2D eigenvalue weighted by molar-refractivity contribution is -0.122. The van der Waals surface area contributed by atoms with Crippen molar-refractivity contribution in [3.63, 3.8) is 0 Å². The van der Waals surface area contributed by atoms with Crippen molar-refractivity contribution in [2.45, 2.75) is 51.0 Å². The molecule has 1 aromatic rings. The Bertz CT molecular complexity index is 683. The van der Waals surface area contributed by atoms with E-state index in [4.69, 9.17) is 14.2 Å². The summed E-state index contributed by atoms with van der Waals surface area (Å²) in [6.45, 7) is 2.73. The molecule has 148 valence electrons. The van der Waals surface area contributed by atoms with Crippen LogP contribution in [0, 0.1) is 5.92 Å². The average Bonchev–Trinajstić information content (AvgIpc) is 3.36. The minimum absolute atomic E-state index is 0.0617. The van der Waals surface area contributed by atoms with E-state index < -0.39 is 0 Å². The highest BCUT2D eigenvalue weighted by Crippen LogP contribution is 2.39. The molecule has 0 radical (unpaired) electrons. The molecule has 1 aliphatic heterocycles. The quantitative estimate of drug-likeness (QED) is 0.757. The van der Waals surface area contributed by atoms with Gasteiger partial charge in [-0.3, -0.25) is 4.79 Å². The number of carbonyl (C=O) groups is 2. The van der Waals surface area contributed by atoms with Crippen LogP contribution in [0.4, 0.5) is 4.79 Å². The lowest BCUT2D eigenvalue weighted by atomic mass is 9.85. The lowest BCUT2D eigenvalue weighted by Gasteiger charge is -2.21. The van der Waals surface area contributed by atoms with E-state index in [-0.39, 0.29) is 29.8 Å². The summed E-state index contributed by atoms with van der Waals surface area (Å²) in [6, 6.07) is 5.86. The van der Waals surface area contributed by atoms with Crippen molar-refractivity contribution in [1.82, 2.24) is 4.90 Å². The summed E-state index contributed by atoms with van der Waals surface area (Å²) < 4.78 is 16.5. The van der Waals surface area contributed by atoms with Crippen molar-refractivity contribution >= 4 is 11.9 Å². The zero-order valence-corrected chi connectivity index (χ0v) is 16.4. The minimum atomic E-state index is -0.387. The maximum atomic E-state index is 12.5. The van der Waals surface area contributed by atoms with E-state index in [1.165, 1.54) is 20.0 Å². The Hall–Kier alpha value is -2.24. The number of benzene rings is 1. The molecule has 1 amide bonds. The molecule has 0 N–H and O–H groups in total. The van der Waals surface area contributed by atoms with Gasteiger partial charge in [0.15, 0.2) is 11.5 Å². The fraction of sp³-hybridized carbons (Fsp3) is 0.619. The Kier molecular flexibility index (Phi) is 6.24. The third-order valence-corrected chi connectivity index (χ3v) is 5.73. The molecule has 0 bridgehead atoms. The lowest BCUT2D eigenvalue weighted by Crippen LogP contribution is -2.29. The average molecular weight is 375 g/mol. The highest BCUT2D eigenvalue weighted by atomic mass is 16.5. The molecule has 2 fully saturated rings. The topological polar surface area (TPSA) is 65.1 Å². The van der Waals surface area contributed by atoms with Crippen molar-refractivity contribution in [3.8, 4) is 11.5 Å². The molecule has 27 heavy (non-hydrogen) atoms. The normalized spacial score (nSPS) is 22.7. The summed E-state index contributed by atoms with van der Waals surface area (Å²) in [5.74, 6) is 1.31. The Morgan fingerprint density at radius 3 is 2.48 bits per heavy atom. The first-order valence-electron chi connectivity index (χ1n) is 9.77. The third-order valence-electron chi connectivity index (χ3n) is 5.73. The molecular weight excluding hydrogens is 346 g/mol. The second-order valence-electron chi connectivity index (χ2n) is 7.34. The van der Waals surface area contributed by atoms with E-state index in [0.717, 1.165) is 24.2 Å². The molecule has 0 unspecified atom stereocenters. The van der Waals surface area contributed by atoms with Crippen molar-refractivity contribution in [2.75, 3.05) is 27.3 Å². The monoisotopic (exact) mass is 375 g/mol. The second-order valence-corrected chi connectivity index (χ2v) is 7.34. The van der Waals surface area contributed by atoms with Gasteiger partial charge in [-0.25, -0.2) is 4.79 Å². The largest absolute Gasteiger partial charge is 0.493 e. The maximum absolute atomic E-state index is 12.5. The Balaban J connectivity index is 1.87. The summed E-state index contributed by atoms with van der Waals surface area (Å²) in [7, 11) is 3.00. The van der Waals surface area contributed by atoms with Gasteiger partial charge < -0.3 is 19.1 Å². The number of ketones is 1. The Morgan fingerprint density at radius 1 is 1.11 bits per heavy atom. The first kappa shape index (κ1) is 19.5. The molecule has 1 aromatic carbocycles. The molecule has 1 saturated carbocycles. The first-order valence-corrected chi connectivity index (χ1v) is 9.77. The van der Waals surface area contributed by atoms with E-state index in [1.54, 1.807) is 12.0 Å².